The van der Waals surface area contributed by atoms with Crippen LogP contribution < -0.4 is 4.72 Å². The fourth-order valence-electron chi connectivity index (χ4n) is 2.54. The van der Waals surface area contributed by atoms with Crippen molar-refractivity contribution in [3.05, 3.63) is 15.9 Å². The van der Waals surface area contributed by atoms with Gasteiger partial charge >= 0.3 is 0 Å². The predicted molar refractivity (Wildman–Crippen MR) is 86.7 cm³/mol. The Morgan fingerprint density at radius 3 is 3.00 bits per heavy atom. The van der Waals surface area contributed by atoms with E-state index in [9.17, 15) is 8.42 Å². The number of hydrogen-bond acceptors (Lipinski definition) is 4. The molecule has 4 nitrogen and oxygen atoms in total. The topological polar surface area (TPSA) is 49.4 Å². The van der Waals surface area contributed by atoms with Crippen molar-refractivity contribution in [1.29, 1.82) is 0 Å². The molecule has 0 amide bonds. The number of sulfonamides is 1. The van der Waals surface area contributed by atoms with Gasteiger partial charge in [0, 0.05) is 17.6 Å². The van der Waals surface area contributed by atoms with E-state index in [1.807, 2.05) is 0 Å². The van der Waals surface area contributed by atoms with E-state index in [-0.39, 0.29) is 0 Å². The van der Waals surface area contributed by atoms with Gasteiger partial charge in [0.25, 0.3) is 10.0 Å². The van der Waals surface area contributed by atoms with E-state index in [1.54, 1.807) is 11.4 Å². The summed E-state index contributed by atoms with van der Waals surface area (Å²) in [7, 11) is -3.36. The molecule has 0 saturated carbocycles. The van der Waals surface area contributed by atoms with Gasteiger partial charge in [-0.25, -0.2) is 13.1 Å². The van der Waals surface area contributed by atoms with E-state index in [0.717, 1.165) is 32.0 Å². The minimum atomic E-state index is -3.36. The normalized spacial score (nSPS) is 21.2. The van der Waals surface area contributed by atoms with E-state index in [1.165, 1.54) is 24.2 Å². The molecule has 1 aliphatic heterocycles. The number of piperidine rings is 1. The molecular formula is C13H21BrN2O2S2. The summed E-state index contributed by atoms with van der Waals surface area (Å²) in [6, 6.07) is 1.76. The molecule has 2 heterocycles. The third-order valence-electron chi connectivity index (χ3n) is 3.51. The third kappa shape index (κ3) is 4.53. The monoisotopic (exact) mass is 380 g/mol. The quantitative estimate of drug-likeness (QED) is 0.771. The van der Waals surface area contributed by atoms with Crippen LogP contribution in [0, 0.1) is 5.92 Å². The lowest BCUT2D eigenvalue weighted by molar-refractivity contribution is 0.182. The number of nitrogens with zero attached hydrogens (tertiary/aromatic N) is 1. The molecule has 2 rings (SSSR count). The highest BCUT2D eigenvalue weighted by atomic mass is 79.9. The molecule has 1 atom stereocenters. The molecule has 1 aromatic rings. The average molecular weight is 381 g/mol. The molecule has 0 bridgehead atoms. The number of halogens is 1. The summed E-state index contributed by atoms with van der Waals surface area (Å²) in [5.74, 6) is 0.766. The first-order chi connectivity index (χ1) is 9.49. The summed E-state index contributed by atoms with van der Waals surface area (Å²) in [6.45, 7) is 6.04. The maximum atomic E-state index is 12.1. The van der Waals surface area contributed by atoms with Crippen molar-refractivity contribution in [3.8, 4) is 0 Å². The minimum Gasteiger partial charge on any atom is -0.303 e. The van der Waals surface area contributed by atoms with Crippen molar-refractivity contribution in [2.75, 3.05) is 26.2 Å². The Labute approximate surface area is 133 Å². The zero-order chi connectivity index (χ0) is 14.6. The Kier molecular flexibility index (Phi) is 6.04. The molecule has 114 valence electrons. The van der Waals surface area contributed by atoms with E-state index in [2.05, 4.69) is 32.5 Å². The Balaban J connectivity index is 1.74. The van der Waals surface area contributed by atoms with Crippen molar-refractivity contribution in [1.82, 2.24) is 9.62 Å². The Morgan fingerprint density at radius 1 is 1.55 bits per heavy atom. The second-order valence-electron chi connectivity index (χ2n) is 5.36. The van der Waals surface area contributed by atoms with Crippen LogP contribution in [0.4, 0.5) is 0 Å². The maximum Gasteiger partial charge on any atom is 0.251 e. The lowest BCUT2D eigenvalue weighted by atomic mass is 10.0. The summed E-state index contributed by atoms with van der Waals surface area (Å²) >= 11 is 4.50. The van der Waals surface area contributed by atoms with Crippen molar-refractivity contribution < 1.29 is 8.42 Å². The number of rotatable bonds is 6. The van der Waals surface area contributed by atoms with Crippen molar-refractivity contribution >= 4 is 37.3 Å². The van der Waals surface area contributed by atoms with Gasteiger partial charge in [0.2, 0.25) is 0 Å². The Morgan fingerprint density at radius 2 is 2.35 bits per heavy atom. The molecular weight excluding hydrogens is 360 g/mol. The largest absolute Gasteiger partial charge is 0.303 e. The van der Waals surface area contributed by atoms with Crippen molar-refractivity contribution in [3.63, 3.8) is 0 Å². The first-order valence-corrected chi connectivity index (χ1v) is 10.1. The Bertz CT molecular complexity index is 530. The zero-order valence-electron chi connectivity index (χ0n) is 11.6. The van der Waals surface area contributed by atoms with E-state index < -0.39 is 10.0 Å². The summed E-state index contributed by atoms with van der Waals surface area (Å²) in [6.07, 6.45) is 3.43. The Hall–Kier alpha value is 0.0500. The SMILES string of the molecule is CC1CCCN(CCCNS(=O)(=O)c2sccc2Br)C1. The van der Waals surface area contributed by atoms with Gasteiger partial charge in [-0.1, -0.05) is 6.92 Å². The molecule has 0 radical (unpaired) electrons. The molecule has 1 unspecified atom stereocenters. The van der Waals surface area contributed by atoms with Gasteiger partial charge in [-0.3, -0.25) is 0 Å². The van der Waals surface area contributed by atoms with Crippen LogP contribution in [0.2, 0.25) is 0 Å². The van der Waals surface area contributed by atoms with Crippen LogP contribution in [0.25, 0.3) is 0 Å². The smallest absolute Gasteiger partial charge is 0.251 e. The first-order valence-electron chi connectivity index (χ1n) is 6.94. The number of thiophene rings is 1. The van der Waals surface area contributed by atoms with Gasteiger partial charge in [-0.15, -0.1) is 11.3 Å². The van der Waals surface area contributed by atoms with Crippen LogP contribution in [-0.2, 0) is 10.0 Å². The van der Waals surface area contributed by atoms with Gasteiger partial charge in [0.1, 0.15) is 4.21 Å². The van der Waals surface area contributed by atoms with E-state index in [0.29, 0.717) is 15.2 Å². The van der Waals surface area contributed by atoms with Crippen LogP contribution >= 0.6 is 27.3 Å². The second-order valence-corrected chi connectivity index (χ2v) is 9.09. The van der Waals surface area contributed by atoms with Crippen molar-refractivity contribution in [2.24, 2.45) is 5.92 Å². The molecule has 0 aromatic carbocycles. The highest BCUT2D eigenvalue weighted by Gasteiger charge is 2.19. The second kappa shape index (κ2) is 7.35. The van der Waals surface area contributed by atoms with Crippen molar-refractivity contribution in [2.45, 2.75) is 30.4 Å². The molecule has 1 aliphatic rings. The lowest BCUT2D eigenvalue weighted by Crippen LogP contribution is -2.36. The molecule has 0 spiro atoms. The van der Waals surface area contributed by atoms with E-state index in [4.69, 9.17) is 0 Å². The van der Waals surface area contributed by atoms with E-state index >= 15 is 0 Å². The standard InChI is InChI=1S/C13H21BrN2O2S2/c1-11-4-2-7-16(10-11)8-3-6-15-20(17,18)13-12(14)5-9-19-13/h5,9,11,15H,2-4,6-8,10H2,1H3. The highest BCUT2D eigenvalue weighted by molar-refractivity contribution is 9.10. The fourth-order valence-corrected chi connectivity index (χ4v) is 5.99. The molecule has 7 heteroatoms. The van der Waals surface area contributed by atoms with Crippen LogP contribution in [-0.4, -0.2) is 39.5 Å². The summed E-state index contributed by atoms with van der Waals surface area (Å²) in [4.78, 5) is 2.43. The fraction of sp³-hybridized carbons (Fsp3) is 0.692. The highest BCUT2D eigenvalue weighted by Crippen LogP contribution is 2.27. The average Bonchev–Trinajstić information content (AvgIpc) is 2.82. The molecule has 1 saturated heterocycles. The summed E-state index contributed by atoms with van der Waals surface area (Å²) < 4.78 is 27.8. The summed E-state index contributed by atoms with van der Waals surface area (Å²) in [5, 5.41) is 1.77. The van der Waals surface area contributed by atoms with Gasteiger partial charge in [-0.2, -0.15) is 0 Å². The minimum absolute atomic E-state index is 0.365. The number of likely N-dealkylation sites (tertiary alicyclic amines) is 1. The molecule has 1 aromatic heterocycles. The van der Waals surface area contributed by atoms with Crippen LogP contribution in [0.3, 0.4) is 0 Å². The molecule has 1 fully saturated rings. The maximum absolute atomic E-state index is 12.1. The van der Waals surface area contributed by atoms with Gasteiger partial charge in [-0.05, 0) is 65.6 Å². The molecule has 0 aliphatic carbocycles. The first kappa shape index (κ1) is 16.4. The van der Waals surface area contributed by atoms with Crippen LogP contribution in [0.5, 0.6) is 0 Å². The third-order valence-corrected chi connectivity index (χ3v) is 7.64. The molecule has 20 heavy (non-hydrogen) atoms. The van der Waals surface area contributed by atoms with Gasteiger partial charge in [0.05, 0.1) is 0 Å². The van der Waals surface area contributed by atoms with Crippen LogP contribution in [0.15, 0.2) is 20.1 Å². The van der Waals surface area contributed by atoms with Gasteiger partial charge < -0.3 is 4.90 Å². The number of hydrogen-bond donors (Lipinski definition) is 1. The van der Waals surface area contributed by atoms with Gasteiger partial charge in [0.15, 0.2) is 0 Å². The lowest BCUT2D eigenvalue weighted by Gasteiger charge is -2.30. The summed E-state index contributed by atoms with van der Waals surface area (Å²) in [5.41, 5.74) is 0. The predicted octanol–water partition coefficient (Wildman–Crippen LogP) is 2.91. The molecule has 1 N–H and O–H groups in total. The van der Waals surface area contributed by atoms with Crippen LogP contribution in [0.1, 0.15) is 26.2 Å². The number of nitrogens with one attached hydrogen (secondary N) is 1. The zero-order valence-corrected chi connectivity index (χ0v) is 14.9.